The van der Waals surface area contributed by atoms with Crippen LogP contribution in [0.2, 0.25) is 5.02 Å². The predicted molar refractivity (Wildman–Crippen MR) is 182 cm³/mol. The van der Waals surface area contributed by atoms with E-state index >= 15 is 0 Å². The van der Waals surface area contributed by atoms with Crippen molar-refractivity contribution in [3.05, 3.63) is 95.0 Å². The van der Waals surface area contributed by atoms with Crippen molar-refractivity contribution in [2.75, 3.05) is 38.3 Å². The number of nitrogens with one attached hydrogen (secondary N) is 2. The van der Waals surface area contributed by atoms with Crippen LogP contribution in [0, 0.1) is 0 Å². The van der Waals surface area contributed by atoms with Gasteiger partial charge in [0.25, 0.3) is 0 Å². The summed E-state index contributed by atoms with van der Waals surface area (Å²) in [6, 6.07) is 24.4. The first-order chi connectivity index (χ1) is 22.8. The molecular formula is C36H41ClN6O4. The summed E-state index contributed by atoms with van der Waals surface area (Å²) in [5.74, 6) is 0.462. The van der Waals surface area contributed by atoms with Gasteiger partial charge in [0, 0.05) is 49.7 Å². The highest BCUT2D eigenvalue weighted by molar-refractivity contribution is 6.30. The molecule has 2 fully saturated rings. The van der Waals surface area contributed by atoms with Crippen molar-refractivity contribution >= 4 is 41.3 Å². The number of carbonyl (C=O) groups excluding carboxylic acids is 3. The fourth-order valence-corrected chi connectivity index (χ4v) is 7.05. The Balaban J connectivity index is 1.18. The first-order valence-corrected chi connectivity index (χ1v) is 16.5. The number of methoxy groups -OCH3 is 1. The lowest BCUT2D eigenvalue weighted by Gasteiger charge is -2.44. The molecule has 246 valence electrons. The third-order valence-electron chi connectivity index (χ3n) is 9.41. The number of rotatable bonds is 11. The van der Waals surface area contributed by atoms with Gasteiger partial charge in [0.15, 0.2) is 0 Å². The summed E-state index contributed by atoms with van der Waals surface area (Å²) in [5.41, 5.74) is 2.08. The van der Waals surface area contributed by atoms with E-state index in [0.717, 1.165) is 22.6 Å². The molecule has 2 saturated heterocycles. The van der Waals surface area contributed by atoms with Crippen molar-refractivity contribution in [1.29, 1.82) is 0 Å². The van der Waals surface area contributed by atoms with E-state index in [0.29, 0.717) is 63.6 Å². The normalized spacial score (nSPS) is 19.1. The number of para-hydroxylation sites is 1. The first-order valence-electron chi connectivity index (χ1n) is 16.2. The van der Waals surface area contributed by atoms with Crippen LogP contribution in [0.3, 0.4) is 0 Å². The van der Waals surface area contributed by atoms with E-state index in [1.54, 1.807) is 18.3 Å². The summed E-state index contributed by atoms with van der Waals surface area (Å²) < 4.78 is 5.30. The zero-order valence-corrected chi connectivity index (χ0v) is 27.4. The molecule has 10 nitrogen and oxygen atoms in total. The van der Waals surface area contributed by atoms with Crippen molar-refractivity contribution in [3.63, 3.8) is 0 Å². The summed E-state index contributed by atoms with van der Waals surface area (Å²) in [5, 5.41) is 6.73. The van der Waals surface area contributed by atoms with Gasteiger partial charge in [-0.15, -0.1) is 0 Å². The minimum Gasteiger partial charge on any atom is -0.497 e. The van der Waals surface area contributed by atoms with Gasteiger partial charge < -0.3 is 30.1 Å². The molecule has 3 aromatic carbocycles. The van der Waals surface area contributed by atoms with E-state index in [1.807, 2.05) is 83.8 Å². The number of aliphatic imine (C=N–C) groups is 1. The number of likely N-dealkylation sites (tertiary alicyclic amines) is 1. The van der Waals surface area contributed by atoms with Gasteiger partial charge in [-0.05, 0) is 66.8 Å². The fraction of sp³-hybridized carbons (Fsp3) is 0.389. The third kappa shape index (κ3) is 7.38. The zero-order valence-electron chi connectivity index (χ0n) is 26.6. The lowest BCUT2D eigenvalue weighted by Crippen LogP contribution is -2.59. The maximum Gasteiger partial charge on any atom is 0.250 e. The molecule has 3 aromatic rings. The summed E-state index contributed by atoms with van der Waals surface area (Å²) in [7, 11) is 1.61. The molecule has 0 aromatic heterocycles. The molecule has 0 saturated carbocycles. The molecule has 0 bridgehead atoms. The Morgan fingerprint density at radius 1 is 1.04 bits per heavy atom. The Kier molecular flexibility index (Phi) is 9.96. The van der Waals surface area contributed by atoms with E-state index in [9.17, 15) is 14.4 Å². The Labute approximate surface area is 280 Å². The van der Waals surface area contributed by atoms with Crippen LogP contribution in [0.1, 0.15) is 36.8 Å². The molecule has 1 spiro atoms. The average Bonchev–Trinajstić information content (AvgIpc) is 3.71. The molecule has 3 aliphatic rings. The number of amides is 3. The second-order valence-corrected chi connectivity index (χ2v) is 12.9. The lowest BCUT2D eigenvalue weighted by atomic mass is 9.85. The maximum atomic E-state index is 14.3. The molecule has 3 aliphatic heterocycles. The molecular weight excluding hydrogens is 616 g/mol. The van der Waals surface area contributed by atoms with Gasteiger partial charge in [-0.1, -0.05) is 54.1 Å². The van der Waals surface area contributed by atoms with Gasteiger partial charge >= 0.3 is 0 Å². The molecule has 3 heterocycles. The molecule has 0 radical (unpaired) electrons. The van der Waals surface area contributed by atoms with Crippen LogP contribution >= 0.6 is 11.6 Å². The largest absolute Gasteiger partial charge is 0.497 e. The number of piperidine rings is 1. The Bertz CT molecular complexity index is 1590. The summed E-state index contributed by atoms with van der Waals surface area (Å²) in [6.07, 6.45) is 3.87. The molecule has 6 rings (SSSR count). The van der Waals surface area contributed by atoms with Crippen LogP contribution in [0.4, 0.5) is 5.69 Å². The van der Waals surface area contributed by atoms with Gasteiger partial charge in [0.05, 0.1) is 26.2 Å². The summed E-state index contributed by atoms with van der Waals surface area (Å²) >= 11 is 6.26. The molecule has 2 N–H and O–H groups in total. The van der Waals surface area contributed by atoms with Crippen LogP contribution in [-0.4, -0.2) is 84.9 Å². The number of benzene rings is 3. The van der Waals surface area contributed by atoms with Crippen LogP contribution in [-0.2, 0) is 27.3 Å². The van der Waals surface area contributed by atoms with Gasteiger partial charge in [-0.2, -0.15) is 0 Å². The molecule has 3 amide bonds. The predicted octanol–water partition coefficient (Wildman–Crippen LogP) is 4.02. The average molecular weight is 657 g/mol. The number of anilines is 1. The number of hydrogen-bond acceptors (Lipinski definition) is 7. The molecule has 0 aliphatic carbocycles. The van der Waals surface area contributed by atoms with Gasteiger partial charge in [-0.3, -0.25) is 19.4 Å². The zero-order chi connectivity index (χ0) is 32.8. The van der Waals surface area contributed by atoms with Gasteiger partial charge in [0.1, 0.15) is 17.3 Å². The first kappa shape index (κ1) is 32.4. The van der Waals surface area contributed by atoms with Crippen LogP contribution < -0.4 is 20.3 Å². The molecule has 11 heteroatoms. The SMILES string of the molecule is COc1ccc(C[C@@H](NC(=O)CCC2CNC=N2)C(=O)N2CCC3(CC2)C(=O)N(Cc2cccc(Cl)c2)CN3c2ccccc2)cc1. The minimum absolute atomic E-state index is 0.0561. The van der Waals surface area contributed by atoms with Gasteiger partial charge in [-0.25, -0.2) is 0 Å². The van der Waals surface area contributed by atoms with E-state index in [1.165, 1.54) is 0 Å². The third-order valence-corrected chi connectivity index (χ3v) is 9.65. The van der Waals surface area contributed by atoms with E-state index in [4.69, 9.17) is 16.3 Å². The molecule has 1 unspecified atom stereocenters. The quantitative estimate of drug-likeness (QED) is 0.323. The van der Waals surface area contributed by atoms with E-state index in [-0.39, 0.29) is 30.2 Å². The number of nitrogens with zero attached hydrogens (tertiary/aromatic N) is 4. The van der Waals surface area contributed by atoms with Crippen molar-refractivity contribution in [3.8, 4) is 5.75 Å². The molecule has 47 heavy (non-hydrogen) atoms. The summed E-state index contributed by atoms with van der Waals surface area (Å²) in [4.78, 5) is 51.7. The van der Waals surface area contributed by atoms with Crippen LogP contribution in [0.25, 0.3) is 0 Å². The second kappa shape index (κ2) is 14.5. The maximum absolute atomic E-state index is 14.3. The van der Waals surface area contributed by atoms with Crippen molar-refractivity contribution in [2.45, 2.75) is 56.3 Å². The highest BCUT2D eigenvalue weighted by Gasteiger charge is 2.54. The highest BCUT2D eigenvalue weighted by Crippen LogP contribution is 2.40. The monoisotopic (exact) mass is 656 g/mol. The van der Waals surface area contributed by atoms with Crippen LogP contribution in [0.15, 0.2) is 83.9 Å². The Morgan fingerprint density at radius 3 is 2.49 bits per heavy atom. The van der Waals surface area contributed by atoms with Crippen molar-refractivity contribution < 1.29 is 19.1 Å². The van der Waals surface area contributed by atoms with Crippen LogP contribution in [0.5, 0.6) is 5.75 Å². The van der Waals surface area contributed by atoms with Crippen molar-refractivity contribution in [2.24, 2.45) is 4.99 Å². The summed E-state index contributed by atoms with van der Waals surface area (Å²) in [6.45, 7) is 2.41. The number of hydrogen-bond donors (Lipinski definition) is 2. The number of carbonyl (C=O) groups is 3. The fourth-order valence-electron chi connectivity index (χ4n) is 6.83. The number of halogens is 1. The highest BCUT2D eigenvalue weighted by atomic mass is 35.5. The topological polar surface area (TPSA) is 107 Å². The van der Waals surface area contributed by atoms with E-state index < -0.39 is 11.6 Å². The molecule has 2 atom stereocenters. The number of ether oxygens (including phenoxy) is 1. The van der Waals surface area contributed by atoms with E-state index in [2.05, 4.69) is 20.5 Å². The Morgan fingerprint density at radius 2 is 1.81 bits per heavy atom. The van der Waals surface area contributed by atoms with Crippen molar-refractivity contribution in [1.82, 2.24) is 20.4 Å². The standard InChI is InChI=1S/C36H41ClN6O4/c1-47-31-13-10-26(11-14-31)21-32(40-33(44)15-12-29-22-38-24-39-29)34(45)41-18-16-36(17-19-41)35(46)42(23-27-6-5-7-28(37)20-27)25-43(36)30-8-3-2-4-9-30/h2-11,13-14,20,24,29,32H,12,15-19,21-23,25H2,1H3,(H,38,39)(H,40,44)/t29?,32-/m1/s1. The van der Waals surface area contributed by atoms with Gasteiger partial charge in [0.2, 0.25) is 17.7 Å². The second-order valence-electron chi connectivity index (χ2n) is 12.4. The minimum atomic E-state index is -0.777. The lowest BCUT2D eigenvalue weighted by molar-refractivity contribution is -0.141. The Hall–Kier alpha value is -4.57. The smallest absolute Gasteiger partial charge is 0.250 e.